The van der Waals surface area contributed by atoms with Crippen molar-refractivity contribution in [1.29, 1.82) is 0 Å². The smallest absolute Gasteiger partial charge is 0.252 e. The molecular weight excluding hydrogens is 458 g/mol. The van der Waals surface area contributed by atoms with Gasteiger partial charge in [0, 0.05) is 50.7 Å². The van der Waals surface area contributed by atoms with E-state index in [1.807, 2.05) is 17.0 Å². The summed E-state index contributed by atoms with van der Waals surface area (Å²) in [6.45, 7) is 5.31. The summed E-state index contributed by atoms with van der Waals surface area (Å²) in [4.78, 5) is 17.9. The lowest BCUT2D eigenvalue weighted by Crippen LogP contribution is -2.49. The van der Waals surface area contributed by atoms with E-state index in [4.69, 9.17) is 4.74 Å². The molecule has 0 spiro atoms. The van der Waals surface area contributed by atoms with E-state index in [2.05, 4.69) is 17.0 Å². The van der Waals surface area contributed by atoms with Gasteiger partial charge in [0.25, 0.3) is 10.0 Å². The second kappa shape index (κ2) is 11.0. The first-order valence-corrected chi connectivity index (χ1v) is 13.9. The van der Waals surface area contributed by atoms with Gasteiger partial charge in [0.2, 0.25) is 5.91 Å². The number of hydrogen-bond donors (Lipinski definition) is 0. The second-order valence-corrected chi connectivity index (χ2v) is 12.0. The van der Waals surface area contributed by atoms with Gasteiger partial charge < -0.3 is 9.64 Å². The molecule has 0 N–H and O–H groups in total. The Labute approximate surface area is 201 Å². The molecule has 2 aliphatic rings. The van der Waals surface area contributed by atoms with Crippen LogP contribution >= 0.6 is 11.3 Å². The van der Waals surface area contributed by atoms with Gasteiger partial charge in [-0.15, -0.1) is 11.3 Å². The number of ether oxygens (including phenoxy) is 1. The Balaban J connectivity index is 1.24. The van der Waals surface area contributed by atoms with Crippen LogP contribution in [0.3, 0.4) is 0 Å². The summed E-state index contributed by atoms with van der Waals surface area (Å²) in [7, 11) is -1.76. The highest BCUT2D eigenvalue weighted by Gasteiger charge is 2.28. The first kappa shape index (κ1) is 24.2. The van der Waals surface area contributed by atoms with E-state index >= 15 is 0 Å². The van der Waals surface area contributed by atoms with Crippen molar-refractivity contribution in [2.45, 2.75) is 36.3 Å². The van der Waals surface area contributed by atoms with Crippen molar-refractivity contribution in [3.05, 3.63) is 46.8 Å². The summed E-state index contributed by atoms with van der Waals surface area (Å²) in [5, 5.41) is 0. The van der Waals surface area contributed by atoms with Gasteiger partial charge in [-0.25, -0.2) is 8.42 Å². The highest BCUT2D eigenvalue weighted by Crippen LogP contribution is 2.27. The molecule has 2 aliphatic heterocycles. The molecule has 9 heteroatoms. The van der Waals surface area contributed by atoms with E-state index in [0.29, 0.717) is 30.4 Å². The van der Waals surface area contributed by atoms with Gasteiger partial charge >= 0.3 is 0 Å². The summed E-state index contributed by atoms with van der Waals surface area (Å²) >= 11 is 1.24. The first-order valence-electron chi connectivity index (χ1n) is 11.7. The topological polar surface area (TPSA) is 70.2 Å². The molecule has 2 saturated heterocycles. The monoisotopic (exact) mass is 491 g/mol. The Morgan fingerprint density at radius 3 is 2.30 bits per heavy atom. The summed E-state index contributed by atoms with van der Waals surface area (Å²) in [5.74, 6) is 0.946. The van der Waals surface area contributed by atoms with E-state index in [0.717, 1.165) is 55.9 Å². The van der Waals surface area contributed by atoms with Gasteiger partial charge in [0.1, 0.15) is 9.96 Å². The third kappa shape index (κ3) is 6.15. The van der Waals surface area contributed by atoms with Crippen LogP contribution in [-0.4, -0.2) is 81.4 Å². The van der Waals surface area contributed by atoms with Crippen LogP contribution in [0.25, 0.3) is 0 Å². The first-order chi connectivity index (χ1) is 16.0. The molecule has 3 heterocycles. The lowest BCUT2D eigenvalue weighted by molar-refractivity contribution is -0.132. The van der Waals surface area contributed by atoms with Crippen molar-refractivity contribution in [2.24, 2.45) is 0 Å². The van der Waals surface area contributed by atoms with E-state index < -0.39 is 10.0 Å². The number of carbonyl (C=O) groups is 1. The molecule has 1 amide bonds. The fourth-order valence-corrected chi connectivity index (χ4v) is 7.40. The average molecular weight is 492 g/mol. The zero-order valence-corrected chi connectivity index (χ0v) is 20.9. The molecule has 2 aromatic rings. The van der Waals surface area contributed by atoms with E-state index in [1.54, 1.807) is 23.5 Å². The molecule has 0 radical (unpaired) electrons. The maximum Gasteiger partial charge on any atom is 0.252 e. The van der Waals surface area contributed by atoms with Gasteiger partial charge in [-0.1, -0.05) is 18.6 Å². The normalized spacial score (nSPS) is 18.4. The number of thiophene rings is 1. The van der Waals surface area contributed by atoms with Crippen LogP contribution in [0, 0.1) is 0 Å². The summed E-state index contributed by atoms with van der Waals surface area (Å²) in [6.07, 6.45) is 4.17. The van der Waals surface area contributed by atoms with Crippen molar-refractivity contribution < 1.29 is 17.9 Å². The van der Waals surface area contributed by atoms with Crippen molar-refractivity contribution in [2.75, 3.05) is 52.9 Å². The van der Waals surface area contributed by atoms with E-state index in [-0.39, 0.29) is 12.3 Å². The zero-order valence-electron chi connectivity index (χ0n) is 19.2. The van der Waals surface area contributed by atoms with Crippen molar-refractivity contribution in [1.82, 2.24) is 14.1 Å². The maximum atomic E-state index is 12.8. The van der Waals surface area contributed by atoms with Crippen LogP contribution in [0.1, 0.15) is 29.7 Å². The van der Waals surface area contributed by atoms with E-state index in [9.17, 15) is 13.2 Å². The number of piperazine rings is 1. The van der Waals surface area contributed by atoms with Crippen molar-refractivity contribution in [3.63, 3.8) is 0 Å². The van der Waals surface area contributed by atoms with Crippen LogP contribution in [0.4, 0.5) is 0 Å². The molecule has 0 aliphatic carbocycles. The lowest BCUT2D eigenvalue weighted by Gasteiger charge is -2.34. The van der Waals surface area contributed by atoms with Crippen LogP contribution < -0.4 is 4.74 Å². The largest absolute Gasteiger partial charge is 0.497 e. The number of benzene rings is 1. The molecule has 7 nitrogen and oxygen atoms in total. The Hall–Kier alpha value is -1.94. The minimum atomic E-state index is -3.43. The fraction of sp³-hybridized carbons (Fsp3) is 0.542. The molecule has 0 saturated carbocycles. The third-order valence-electron chi connectivity index (χ3n) is 6.47. The highest BCUT2D eigenvalue weighted by molar-refractivity contribution is 7.91. The number of piperidine rings is 1. The number of rotatable bonds is 8. The van der Waals surface area contributed by atoms with Gasteiger partial charge in [-0.05, 0) is 49.1 Å². The van der Waals surface area contributed by atoms with Crippen molar-refractivity contribution in [3.8, 4) is 5.75 Å². The Morgan fingerprint density at radius 2 is 1.64 bits per heavy atom. The molecule has 1 aromatic carbocycles. The van der Waals surface area contributed by atoms with Crippen LogP contribution in [0.2, 0.25) is 0 Å². The SMILES string of the molecule is COc1ccc(CCN2CCN(C(=O)Cc3ccc(S(=O)(=O)N4CCCCC4)s3)CC2)cc1. The van der Waals surface area contributed by atoms with Crippen LogP contribution in [-0.2, 0) is 27.7 Å². The third-order valence-corrected chi connectivity index (χ3v) is 9.92. The lowest BCUT2D eigenvalue weighted by atomic mass is 10.1. The molecule has 0 atom stereocenters. The molecule has 33 heavy (non-hydrogen) atoms. The molecule has 0 bridgehead atoms. The van der Waals surface area contributed by atoms with Gasteiger partial charge in [-0.2, -0.15) is 4.31 Å². The Kier molecular flexibility index (Phi) is 8.06. The van der Waals surface area contributed by atoms with E-state index in [1.165, 1.54) is 16.9 Å². The number of carbonyl (C=O) groups excluding carboxylic acids is 1. The molecule has 4 rings (SSSR count). The molecular formula is C24H33N3O4S2. The molecule has 2 fully saturated rings. The molecule has 180 valence electrons. The predicted molar refractivity (Wildman–Crippen MR) is 130 cm³/mol. The highest BCUT2D eigenvalue weighted by atomic mass is 32.2. The minimum absolute atomic E-state index is 0.0774. The maximum absolute atomic E-state index is 12.8. The standard InChI is InChI=1S/C24H33N3O4S2/c1-31-21-7-5-20(6-8-21)11-14-25-15-17-26(18-16-25)23(28)19-22-9-10-24(32-22)33(29,30)27-12-3-2-4-13-27/h5-10H,2-4,11-19H2,1H3. The van der Waals surface area contributed by atoms with Crippen LogP contribution in [0.15, 0.2) is 40.6 Å². The number of sulfonamides is 1. The average Bonchev–Trinajstić information content (AvgIpc) is 3.33. The predicted octanol–water partition coefficient (Wildman–Crippen LogP) is 2.86. The number of methoxy groups -OCH3 is 1. The second-order valence-electron chi connectivity index (χ2n) is 8.68. The number of amides is 1. The number of hydrogen-bond acceptors (Lipinski definition) is 6. The quantitative estimate of drug-likeness (QED) is 0.568. The summed E-state index contributed by atoms with van der Waals surface area (Å²) < 4.78 is 32.8. The Bertz CT molecular complexity index is 1020. The van der Waals surface area contributed by atoms with Gasteiger partial charge in [0.15, 0.2) is 0 Å². The fourth-order valence-electron chi connectivity index (χ4n) is 4.39. The molecule has 1 aromatic heterocycles. The molecule has 0 unspecified atom stereocenters. The summed E-state index contributed by atoms with van der Waals surface area (Å²) in [5.41, 5.74) is 1.28. The number of nitrogens with zero attached hydrogens (tertiary/aromatic N) is 3. The zero-order chi connectivity index (χ0) is 23.3. The van der Waals surface area contributed by atoms with Gasteiger partial charge in [-0.3, -0.25) is 9.69 Å². The Morgan fingerprint density at radius 1 is 0.939 bits per heavy atom. The van der Waals surface area contributed by atoms with Gasteiger partial charge in [0.05, 0.1) is 13.5 Å². The van der Waals surface area contributed by atoms with Crippen molar-refractivity contribution >= 4 is 27.3 Å². The summed E-state index contributed by atoms with van der Waals surface area (Å²) in [6, 6.07) is 11.6. The minimum Gasteiger partial charge on any atom is -0.497 e. The van der Waals surface area contributed by atoms with Crippen LogP contribution in [0.5, 0.6) is 5.75 Å².